The van der Waals surface area contributed by atoms with E-state index in [4.69, 9.17) is 4.74 Å². The maximum absolute atomic E-state index is 12.7. The Morgan fingerprint density at radius 1 is 1.37 bits per heavy atom. The molecule has 2 atom stereocenters. The first-order valence-corrected chi connectivity index (χ1v) is 6.15. The summed E-state index contributed by atoms with van der Waals surface area (Å²) in [5.74, 6) is -0.503. The second-order valence-corrected chi connectivity index (χ2v) is 4.55. The third kappa shape index (κ3) is 3.50. The Hall–Kier alpha value is -1.97. The molecule has 0 spiro atoms. The number of hydrogen-bond acceptors (Lipinski definition) is 3. The van der Waals surface area contributed by atoms with E-state index >= 15 is 0 Å². The maximum Gasteiger partial charge on any atom is 0.170 e. The zero-order chi connectivity index (χ0) is 13.8. The van der Waals surface area contributed by atoms with Gasteiger partial charge < -0.3 is 4.74 Å². The molecule has 0 aromatic heterocycles. The minimum atomic E-state index is -1.05. The molecule has 3 nitrogen and oxygen atoms in total. The lowest BCUT2D eigenvalue weighted by Gasteiger charge is -2.04. The third-order valence-electron chi connectivity index (χ3n) is 3.01. The number of Topliss-reactive ketones (excluding diaryl/α,β-unsaturated/α-hetero) is 2. The maximum atomic E-state index is 12.7. The van der Waals surface area contributed by atoms with Crippen LogP contribution in [0.25, 0.3) is 0 Å². The lowest BCUT2D eigenvalue weighted by molar-refractivity contribution is -0.119. The monoisotopic (exact) mass is 262 g/mol. The summed E-state index contributed by atoms with van der Waals surface area (Å²) in [4.78, 5) is 23.3. The fourth-order valence-corrected chi connectivity index (χ4v) is 1.78. The number of rotatable bonds is 7. The Kier molecular flexibility index (Phi) is 4.10. The number of benzene rings is 1. The van der Waals surface area contributed by atoms with Gasteiger partial charge in [0, 0.05) is 5.56 Å². The predicted molar refractivity (Wildman–Crippen MR) is 69.1 cm³/mol. The second-order valence-electron chi connectivity index (χ2n) is 4.55. The summed E-state index contributed by atoms with van der Waals surface area (Å²) in [6, 6.07) is 6.54. The first-order valence-electron chi connectivity index (χ1n) is 6.15. The van der Waals surface area contributed by atoms with E-state index in [1.54, 1.807) is 30.3 Å². The molecule has 0 aliphatic heterocycles. The van der Waals surface area contributed by atoms with Gasteiger partial charge in [-0.15, -0.1) is 0 Å². The Bertz CT molecular complexity index is 493. The van der Waals surface area contributed by atoms with Crippen LogP contribution in [0.2, 0.25) is 0 Å². The number of ketones is 2. The molecule has 0 heterocycles. The molecule has 1 aromatic rings. The Morgan fingerprint density at radius 2 is 2.00 bits per heavy atom. The number of carbonyl (C=O) groups is 2. The quantitative estimate of drug-likeness (QED) is 0.431. The lowest BCUT2D eigenvalue weighted by Crippen LogP contribution is -2.11. The van der Waals surface area contributed by atoms with Crippen LogP contribution in [0.1, 0.15) is 23.2 Å². The van der Waals surface area contributed by atoms with Crippen LogP contribution < -0.4 is 4.74 Å². The number of halogens is 1. The van der Waals surface area contributed by atoms with Crippen molar-refractivity contribution < 1.29 is 18.7 Å². The van der Waals surface area contributed by atoms with E-state index in [0.717, 1.165) is 0 Å². The molecule has 0 amide bonds. The van der Waals surface area contributed by atoms with Crippen molar-refractivity contribution in [1.82, 2.24) is 0 Å². The molecular weight excluding hydrogens is 247 g/mol. The zero-order valence-electron chi connectivity index (χ0n) is 10.5. The smallest absolute Gasteiger partial charge is 0.170 e. The Balaban J connectivity index is 1.91. The standard InChI is InChI=1S/C15H15FO3/c1-2-7-19-11-5-3-10(4-6-11)14(17)9-15(18)12-8-13(12)16/h2-6,12-13H,1,7-9H2/t12-,13+/m1/s1. The molecule has 0 unspecified atom stereocenters. The van der Waals surface area contributed by atoms with Crippen molar-refractivity contribution in [2.24, 2.45) is 5.92 Å². The van der Waals surface area contributed by atoms with Crippen molar-refractivity contribution in [2.75, 3.05) is 6.61 Å². The normalized spacial score (nSPS) is 20.7. The Labute approximate surface area is 111 Å². The minimum Gasteiger partial charge on any atom is -0.490 e. The van der Waals surface area contributed by atoms with Crippen molar-refractivity contribution in [3.8, 4) is 5.75 Å². The highest BCUT2D eigenvalue weighted by Crippen LogP contribution is 2.35. The molecule has 19 heavy (non-hydrogen) atoms. The molecule has 100 valence electrons. The minimum absolute atomic E-state index is 0.224. The van der Waals surface area contributed by atoms with Gasteiger partial charge in [0.1, 0.15) is 24.3 Å². The highest BCUT2D eigenvalue weighted by atomic mass is 19.1. The van der Waals surface area contributed by atoms with Gasteiger partial charge in [0.2, 0.25) is 0 Å². The summed E-state index contributed by atoms with van der Waals surface area (Å²) in [6.07, 6.45) is 0.619. The predicted octanol–water partition coefficient (Wildman–Crippen LogP) is 2.75. The zero-order valence-corrected chi connectivity index (χ0v) is 10.5. The van der Waals surface area contributed by atoms with Crippen LogP contribution in [0.15, 0.2) is 36.9 Å². The molecule has 1 fully saturated rings. The van der Waals surface area contributed by atoms with Gasteiger partial charge >= 0.3 is 0 Å². The summed E-state index contributed by atoms with van der Waals surface area (Å²) < 4.78 is 18.0. The van der Waals surface area contributed by atoms with Crippen molar-refractivity contribution in [3.63, 3.8) is 0 Å². The first kappa shape index (κ1) is 13.5. The summed E-state index contributed by atoms with van der Waals surface area (Å²) in [5.41, 5.74) is 0.440. The third-order valence-corrected chi connectivity index (χ3v) is 3.01. The van der Waals surface area contributed by atoms with Gasteiger partial charge in [0.15, 0.2) is 5.78 Å². The van der Waals surface area contributed by atoms with Crippen LogP contribution in [-0.2, 0) is 4.79 Å². The molecule has 0 N–H and O–H groups in total. The van der Waals surface area contributed by atoms with Crippen LogP contribution in [0.3, 0.4) is 0 Å². The van der Waals surface area contributed by atoms with E-state index in [0.29, 0.717) is 17.9 Å². The molecule has 1 aliphatic carbocycles. The summed E-state index contributed by atoms with van der Waals surface area (Å²) in [7, 11) is 0. The number of carbonyl (C=O) groups excluding carboxylic acids is 2. The molecule has 0 bridgehead atoms. The van der Waals surface area contributed by atoms with Gasteiger partial charge in [-0.3, -0.25) is 9.59 Å². The van der Waals surface area contributed by atoms with Crippen molar-refractivity contribution in [3.05, 3.63) is 42.5 Å². The highest BCUT2D eigenvalue weighted by molar-refractivity contribution is 6.09. The average molecular weight is 262 g/mol. The summed E-state index contributed by atoms with van der Waals surface area (Å²) in [5, 5.41) is 0. The van der Waals surface area contributed by atoms with E-state index < -0.39 is 12.1 Å². The summed E-state index contributed by atoms with van der Waals surface area (Å²) in [6.45, 7) is 3.93. The van der Waals surface area contributed by atoms with Crippen LogP contribution >= 0.6 is 0 Å². The number of alkyl halides is 1. The first-order chi connectivity index (χ1) is 9.11. The molecular formula is C15H15FO3. The van der Waals surface area contributed by atoms with Gasteiger partial charge in [-0.2, -0.15) is 0 Å². The van der Waals surface area contributed by atoms with Crippen LogP contribution in [0, 0.1) is 5.92 Å². The Morgan fingerprint density at radius 3 is 2.53 bits per heavy atom. The fraction of sp³-hybridized carbons (Fsp3) is 0.333. The number of ether oxygens (including phenoxy) is 1. The fourth-order valence-electron chi connectivity index (χ4n) is 1.78. The van der Waals surface area contributed by atoms with Crippen LogP contribution in [0.5, 0.6) is 5.75 Å². The van der Waals surface area contributed by atoms with Gasteiger partial charge in [-0.25, -0.2) is 4.39 Å². The van der Waals surface area contributed by atoms with Crippen molar-refractivity contribution in [2.45, 2.75) is 19.0 Å². The van der Waals surface area contributed by atoms with Crippen LogP contribution in [-0.4, -0.2) is 24.3 Å². The summed E-state index contributed by atoms with van der Waals surface area (Å²) >= 11 is 0. The van der Waals surface area contributed by atoms with E-state index in [2.05, 4.69) is 6.58 Å². The largest absolute Gasteiger partial charge is 0.490 e. The average Bonchev–Trinajstić information content (AvgIpc) is 3.14. The van der Waals surface area contributed by atoms with Crippen molar-refractivity contribution in [1.29, 1.82) is 0 Å². The van der Waals surface area contributed by atoms with Gasteiger partial charge in [0.25, 0.3) is 0 Å². The van der Waals surface area contributed by atoms with E-state index in [9.17, 15) is 14.0 Å². The molecule has 1 saturated carbocycles. The molecule has 1 aliphatic rings. The van der Waals surface area contributed by atoms with Crippen LogP contribution in [0.4, 0.5) is 4.39 Å². The number of hydrogen-bond donors (Lipinski definition) is 0. The molecule has 0 saturated heterocycles. The highest BCUT2D eigenvalue weighted by Gasteiger charge is 2.43. The molecule has 4 heteroatoms. The van der Waals surface area contributed by atoms with Crippen molar-refractivity contribution >= 4 is 11.6 Å². The van der Waals surface area contributed by atoms with Gasteiger partial charge in [0.05, 0.1) is 12.3 Å². The topological polar surface area (TPSA) is 43.4 Å². The second kappa shape index (κ2) is 5.78. The van der Waals surface area contributed by atoms with Gasteiger partial charge in [-0.1, -0.05) is 12.7 Å². The van der Waals surface area contributed by atoms with Gasteiger partial charge in [-0.05, 0) is 30.7 Å². The molecule has 1 aromatic carbocycles. The van der Waals surface area contributed by atoms with E-state index in [-0.39, 0.29) is 24.4 Å². The van der Waals surface area contributed by atoms with E-state index in [1.807, 2.05) is 0 Å². The molecule has 0 radical (unpaired) electrons. The lowest BCUT2D eigenvalue weighted by atomic mass is 10.0. The molecule has 2 rings (SSSR count). The van der Waals surface area contributed by atoms with E-state index in [1.165, 1.54) is 0 Å². The SMILES string of the molecule is C=CCOc1ccc(C(=O)CC(=O)[C@@H]2C[C@@H]2F)cc1.